The monoisotopic (exact) mass is 341 g/mol. The zero-order valence-corrected chi connectivity index (χ0v) is 15.4. The number of carbonyl (C=O) groups is 1. The number of amides is 1. The summed E-state index contributed by atoms with van der Waals surface area (Å²) >= 11 is 0. The summed E-state index contributed by atoms with van der Waals surface area (Å²) in [5.41, 5.74) is 3.24. The van der Waals surface area contributed by atoms with E-state index in [0.29, 0.717) is 12.1 Å². The van der Waals surface area contributed by atoms with Crippen LogP contribution in [0.2, 0.25) is 0 Å². The summed E-state index contributed by atoms with van der Waals surface area (Å²) in [5.74, 6) is 1.01. The average molecular weight is 341 g/mol. The van der Waals surface area contributed by atoms with Gasteiger partial charge in [0, 0.05) is 49.7 Å². The van der Waals surface area contributed by atoms with Gasteiger partial charge in [-0.15, -0.1) is 0 Å². The van der Waals surface area contributed by atoms with Crippen LogP contribution in [0.1, 0.15) is 49.7 Å². The third-order valence-electron chi connectivity index (χ3n) is 5.74. The van der Waals surface area contributed by atoms with Crippen LogP contribution in [0.4, 0.5) is 0 Å². The molecule has 4 rings (SSSR count). The van der Waals surface area contributed by atoms with E-state index in [-0.39, 0.29) is 5.91 Å². The van der Waals surface area contributed by atoms with E-state index in [1.54, 1.807) is 6.92 Å². The van der Waals surface area contributed by atoms with Gasteiger partial charge in [-0.3, -0.25) is 14.1 Å². The fourth-order valence-corrected chi connectivity index (χ4v) is 4.67. The molecular formula is C19H27N5O. The topological polar surface area (TPSA) is 53.7 Å². The molecule has 1 amide bonds. The van der Waals surface area contributed by atoms with Crippen LogP contribution < -0.4 is 0 Å². The molecule has 0 aliphatic carbocycles. The Balaban J connectivity index is 1.55. The molecule has 6 heteroatoms. The Kier molecular flexibility index (Phi) is 4.23. The molecule has 0 spiro atoms. The van der Waals surface area contributed by atoms with Gasteiger partial charge in [-0.1, -0.05) is 0 Å². The highest BCUT2D eigenvalue weighted by molar-refractivity contribution is 5.74. The zero-order valence-electron chi connectivity index (χ0n) is 15.4. The van der Waals surface area contributed by atoms with Crippen molar-refractivity contribution >= 4 is 11.7 Å². The van der Waals surface area contributed by atoms with Gasteiger partial charge in [-0.05, 0) is 52.1 Å². The number of carbonyl (C=O) groups excluding carboxylic acids is 1. The second-order valence-corrected chi connectivity index (χ2v) is 7.54. The molecule has 25 heavy (non-hydrogen) atoms. The Morgan fingerprint density at radius 2 is 1.92 bits per heavy atom. The fraction of sp³-hybridized carbons (Fsp3) is 0.632. The van der Waals surface area contributed by atoms with E-state index < -0.39 is 0 Å². The van der Waals surface area contributed by atoms with Crippen LogP contribution in [-0.2, 0) is 11.3 Å². The van der Waals surface area contributed by atoms with Crippen molar-refractivity contribution in [3.63, 3.8) is 0 Å². The van der Waals surface area contributed by atoms with E-state index in [9.17, 15) is 4.79 Å². The summed E-state index contributed by atoms with van der Waals surface area (Å²) in [4.78, 5) is 25.8. The third-order valence-corrected chi connectivity index (χ3v) is 5.74. The maximum absolute atomic E-state index is 11.9. The lowest BCUT2D eigenvalue weighted by molar-refractivity contribution is -0.130. The highest BCUT2D eigenvalue weighted by Gasteiger charge is 2.38. The minimum absolute atomic E-state index is 0.220. The van der Waals surface area contributed by atoms with Crippen LogP contribution in [-0.4, -0.2) is 55.2 Å². The molecule has 0 radical (unpaired) electrons. The molecule has 0 saturated carbocycles. The molecular weight excluding hydrogens is 314 g/mol. The minimum atomic E-state index is 0.220. The number of rotatable bonds is 3. The number of hydrogen-bond donors (Lipinski definition) is 0. The van der Waals surface area contributed by atoms with Crippen LogP contribution in [0, 0.1) is 13.8 Å². The molecule has 2 aliphatic heterocycles. The van der Waals surface area contributed by atoms with Gasteiger partial charge in [0.2, 0.25) is 11.7 Å². The van der Waals surface area contributed by atoms with E-state index in [4.69, 9.17) is 4.98 Å². The largest absolute Gasteiger partial charge is 0.338 e. The highest BCUT2D eigenvalue weighted by atomic mass is 16.2. The lowest BCUT2D eigenvalue weighted by Gasteiger charge is -2.34. The highest BCUT2D eigenvalue weighted by Crippen LogP contribution is 2.31. The molecule has 0 bridgehead atoms. The smallest absolute Gasteiger partial charge is 0.234 e. The van der Waals surface area contributed by atoms with E-state index in [1.165, 1.54) is 12.8 Å². The van der Waals surface area contributed by atoms with Gasteiger partial charge in [0.1, 0.15) is 0 Å². The molecule has 2 aliphatic rings. The summed E-state index contributed by atoms with van der Waals surface area (Å²) in [6, 6.07) is 2.92. The molecule has 2 fully saturated rings. The van der Waals surface area contributed by atoms with Gasteiger partial charge in [0.05, 0.1) is 5.69 Å². The van der Waals surface area contributed by atoms with Crippen molar-refractivity contribution in [2.45, 2.75) is 65.1 Å². The van der Waals surface area contributed by atoms with Crippen LogP contribution in [0.15, 0.2) is 12.3 Å². The molecule has 0 N–H and O–H groups in total. The number of fused-ring (bicyclic) bond motifs is 1. The van der Waals surface area contributed by atoms with Gasteiger partial charge in [0.25, 0.3) is 0 Å². The van der Waals surface area contributed by atoms with Crippen molar-refractivity contribution in [2.75, 3.05) is 13.1 Å². The first-order valence-electron chi connectivity index (χ1n) is 9.36. The molecule has 134 valence electrons. The Morgan fingerprint density at radius 1 is 1.16 bits per heavy atom. The quantitative estimate of drug-likeness (QED) is 0.860. The first kappa shape index (κ1) is 16.5. The molecule has 6 nitrogen and oxygen atoms in total. The van der Waals surface area contributed by atoms with E-state index in [1.807, 2.05) is 6.92 Å². The predicted octanol–water partition coefficient (Wildman–Crippen LogP) is 2.32. The van der Waals surface area contributed by atoms with Crippen molar-refractivity contribution in [3.05, 3.63) is 29.3 Å². The first-order valence-corrected chi connectivity index (χ1v) is 9.36. The standard InChI is InChI=1S/C19H27N5O/c1-13-10-14(2)24-12-16(21-19(24)20-13)11-22-8-4-6-17(22)18-7-5-9-23(18)15(3)25/h10,12,17-18H,4-9,11H2,1-3H3/t17-,18+/m1/s1. The van der Waals surface area contributed by atoms with Gasteiger partial charge >= 0.3 is 0 Å². The number of aromatic nitrogens is 3. The molecule has 0 aromatic carbocycles. The molecule has 2 aromatic heterocycles. The lowest BCUT2D eigenvalue weighted by atomic mass is 10.0. The third kappa shape index (κ3) is 3.03. The molecule has 2 atom stereocenters. The van der Waals surface area contributed by atoms with Crippen LogP contribution in [0.3, 0.4) is 0 Å². The van der Waals surface area contributed by atoms with Crippen LogP contribution in [0.5, 0.6) is 0 Å². The Morgan fingerprint density at radius 3 is 2.72 bits per heavy atom. The second-order valence-electron chi connectivity index (χ2n) is 7.54. The molecule has 0 unspecified atom stereocenters. The average Bonchev–Trinajstić information content (AvgIpc) is 3.25. The van der Waals surface area contributed by atoms with Crippen LogP contribution >= 0.6 is 0 Å². The van der Waals surface area contributed by atoms with Crippen molar-refractivity contribution in [2.24, 2.45) is 0 Å². The summed E-state index contributed by atoms with van der Waals surface area (Å²) in [7, 11) is 0. The first-order chi connectivity index (χ1) is 12.0. The zero-order chi connectivity index (χ0) is 17.6. The van der Waals surface area contributed by atoms with Crippen LogP contribution in [0.25, 0.3) is 5.78 Å². The summed E-state index contributed by atoms with van der Waals surface area (Å²) < 4.78 is 2.07. The maximum Gasteiger partial charge on any atom is 0.234 e. The Labute approximate surface area is 148 Å². The van der Waals surface area contributed by atoms with E-state index in [0.717, 1.165) is 55.3 Å². The Bertz CT molecular complexity index is 798. The Hall–Kier alpha value is -1.95. The maximum atomic E-state index is 11.9. The summed E-state index contributed by atoms with van der Waals surface area (Å²) in [6.45, 7) is 8.65. The van der Waals surface area contributed by atoms with Crippen molar-refractivity contribution in [1.29, 1.82) is 0 Å². The summed E-state index contributed by atoms with van der Waals surface area (Å²) in [5, 5.41) is 0. The predicted molar refractivity (Wildman–Crippen MR) is 96.3 cm³/mol. The summed E-state index contributed by atoms with van der Waals surface area (Å²) in [6.07, 6.45) is 6.76. The number of aryl methyl sites for hydroxylation is 2. The number of likely N-dealkylation sites (tertiary alicyclic amines) is 2. The minimum Gasteiger partial charge on any atom is -0.338 e. The van der Waals surface area contributed by atoms with Crippen molar-refractivity contribution < 1.29 is 4.79 Å². The number of imidazole rings is 1. The fourth-order valence-electron chi connectivity index (χ4n) is 4.67. The van der Waals surface area contributed by atoms with Gasteiger partial charge < -0.3 is 4.90 Å². The lowest BCUT2D eigenvalue weighted by Crippen LogP contribution is -2.47. The molecule has 4 heterocycles. The van der Waals surface area contributed by atoms with Gasteiger partial charge in [-0.25, -0.2) is 9.97 Å². The van der Waals surface area contributed by atoms with Crippen molar-refractivity contribution in [3.8, 4) is 0 Å². The van der Waals surface area contributed by atoms with E-state index in [2.05, 4.69) is 38.4 Å². The SMILES string of the molecule is CC(=O)N1CCC[C@H]1[C@H]1CCCN1Cc1cn2c(C)cc(C)nc2n1. The normalized spacial score (nSPS) is 24.5. The number of nitrogens with zero attached hydrogens (tertiary/aromatic N) is 5. The van der Waals surface area contributed by atoms with Crippen molar-refractivity contribution in [1.82, 2.24) is 24.2 Å². The van der Waals surface area contributed by atoms with Gasteiger partial charge in [-0.2, -0.15) is 0 Å². The van der Waals surface area contributed by atoms with E-state index >= 15 is 0 Å². The van der Waals surface area contributed by atoms with Gasteiger partial charge in [0.15, 0.2) is 0 Å². The number of hydrogen-bond acceptors (Lipinski definition) is 4. The molecule has 2 saturated heterocycles. The second kappa shape index (κ2) is 6.41. The molecule has 2 aromatic rings.